The van der Waals surface area contributed by atoms with Crippen molar-refractivity contribution in [2.24, 2.45) is 0 Å². The summed E-state index contributed by atoms with van der Waals surface area (Å²) in [6, 6.07) is 11.9. The molecule has 0 spiro atoms. The number of nitrogens with zero attached hydrogens (tertiary/aromatic N) is 1. The Morgan fingerprint density at radius 3 is 2.72 bits per heavy atom. The quantitative estimate of drug-likeness (QED) is 0.683. The predicted molar refractivity (Wildman–Crippen MR) is 104 cm³/mol. The van der Waals surface area contributed by atoms with E-state index < -0.39 is 0 Å². The summed E-state index contributed by atoms with van der Waals surface area (Å²) in [5.74, 6) is 1.00. The van der Waals surface area contributed by atoms with Gasteiger partial charge in [-0.15, -0.1) is 0 Å². The maximum absolute atomic E-state index is 12.9. The van der Waals surface area contributed by atoms with E-state index >= 15 is 0 Å². The van der Waals surface area contributed by atoms with E-state index in [2.05, 4.69) is 15.3 Å². The van der Waals surface area contributed by atoms with Crippen molar-refractivity contribution in [2.75, 3.05) is 0 Å². The van der Waals surface area contributed by atoms with Crippen LogP contribution >= 0.6 is 24.0 Å². The lowest BCUT2D eigenvalue weighted by atomic mass is 10.2. The monoisotopic (exact) mass is 373 g/mol. The number of hydrogen-bond donors (Lipinski definition) is 2. The van der Waals surface area contributed by atoms with Crippen LogP contribution in [0.25, 0.3) is 10.9 Å². The van der Waals surface area contributed by atoms with Crippen LogP contribution < -0.4 is 10.9 Å². The van der Waals surface area contributed by atoms with Gasteiger partial charge in [-0.3, -0.25) is 4.79 Å². The van der Waals surface area contributed by atoms with Crippen LogP contribution in [0.4, 0.5) is 4.39 Å². The fraction of sp³-hybridized carbons (Fsp3) is 0.167. The third kappa shape index (κ3) is 4.64. The van der Waals surface area contributed by atoms with Crippen LogP contribution in [0, 0.1) is 12.7 Å². The number of thiocarbonyl (C=S) groups is 1. The van der Waals surface area contributed by atoms with E-state index in [9.17, 15) is 9.18 Å². The zero-order valence-electron chi connectivity index (χ0n) is 13.5. The van der Waals surface area contributed by atoms with Crippen LogP contribution in [0.5, 0.6) is 0 Å². The summed E-state index contributed by atoms with van der Waals surface area (Å²) in [6.07, 6.45) is 0. The fourth-order valence-corrected chi connectivity index (χ4v) is 3.27. The molecular weight excluding hydrogens is 357 g/mol. The SMILES string of the molecule is Cc1nc2ccc(CSC(=S)NCc3ccc(F)cc3)cc2c(=O)[nH]1. The van der Waals surface area contributed by atoms with Crippen LogP contribution in [0.2, 0.25) is 0 Å². The summed E-state index contributed by atoms with van der Waals surface area (Å²) < 4.78 is 13.5. The van der Waals surface area contributed by atoms with Gasteiger partial charge in [0.1, 0.15) is 16.0 Å². The highest BCUT2D eigenvalue weighted by Gasteiger charge is 2.05. The standard InChI is InChI=1S/C18H16FN3OS2/c1-11-21-16-7-4-13(8-15(16)17(23)22-11)10-25-18(24)20-9-12-2-5-14(19)6-3-12/h2-8H,9-10H2,1H3,(H,20,24)(H,21,22,23). The number of aryl methyl sites for hydroxylation is 1. The molecule has 3 aromatic rings. The second kappa shape index (κ2) is 7.76. The van der Waals surface area contributed by atoms with Gasteiger partial charge in [0.15, 0.2) is 0 Å². The van der Waals surface area contributed by atoms with E-state index in [1.807, 2.05) is 18.2 Å². The molecule has 128 valence electrons. The van der Waals surface area contributed by atoms with Gasteiger partial charge >= 0.3 is 0 Å². The molecule has 0 fully saturated rings. The second-order valence-corrected chi connectivity index (χ2v) is 7.21. The van der Waals surface area contributed by atoms with Crippen LogP contribution in [0.15, 0.2) is 47.3 Å². The maximum Gasteiger partial charge on any atom is 0.258 e. The van der Waals surface area contributed by atoms with Gasteiger partial charge in [0, 0.05) is 12.3 Å². The number of aromatic amines is 1. The minimum absolute atomic E-state index is 0.133. The number of H-pyrrole nitrogens is 1. The average Bonchev–Trinajstić information content (AvgIpc) is 2.59. The Bertz CT molecular complexity index is 970. The first-order chi connectivity index (χ1) is 12.0. The van der Waals surface area contributed by atoms with Crippen molar-refractivity contribution in [1.29, 1.82) is 0 Å². The molecule has 0 saturated carbocycles. The van der Waals surface area contributed by atoms with Gasteiger partial charge in [-0.25, -0.2) is 9.37 Å². The largest absolute Gasteiger partial charge is 0.367 e. The number of benzene rings is 2. The number of thioether (sulfide) groups is 1. The molecule has 1 heterocycles. The Morgan fingerprint density at radius 1 is 1.24 bits per heavy atom. The van der Waals surface area contributed by atoms with Crippen LogP contribution in [-0.4, -0.2) is 14.3 Å². The van der Waals surface area contributed by atoms with Gasteiger partial charge in [-0.05, 0) is 42.3 Å². The van der Waals surface area contributed by atoms with Gasteiger partial charge in [0.2, 0.25) is 0 Å². The molecule has 4 nitrogen and oxygen atoms in total. The Balaban J connectivity index is 1.59. The van der Waals surface area contributed by atoms with E-state index in [1.54, 1.807) is 19.1 Å². The predicted octanol–water partition coefficient (Wildman–Crippen LogP) is 3.68. The molecular formula is C18H16FN3OS2. The molecule has 2 aromatic carbocycles. The van der Waals surface area contributed by atoms with E-state index in [4.69, 9.17) is 12.2 Å². The lowest BCUT2D eigenvalue weighted by molar-refractivity contribution is 0.627. The van der Waals surface area contributed by atoms with Gasteiger partial charge in [0.25, 0.3) is 5.56 Å². The van der Waals surface area contributed by atoms with Gasteiger partial charge in [-0.2, -0.15) is 0 Å². The molecule has 1 aromatic heterocycles. The summed E-state index contributed by atoms with van der Waals surface area (Å²) in [6.45, 7) is 2.31. The zero-order valence-corrected chi connectivity index (χ0v) is 15.1. The molecule has 0 aliphatic heterocycles. The first-order valence-electron chi connectivity index (χ1n) is 7.66. The number of rotatable bonds is 4. The number of nitrogens with one attached hydrogen (secondary N) is 2. The summed E-state index contributed by atoms with van der Waals surface area (Å²) in [4.78, 5) is 19.0. The number of halogens is 1. The molecule has 0 saturated heterocycles. The summed E-state index contributed by atoms with van der Waals surface area (Å²) in [5, 5.41) is 3.71. The molecule has 3 rings (SSSR count). The average molecular weight is 373 g/mol. The Kier molecular flexibility index (Phi) is 5.45. The van der Waals surface area contributed by atoms with Gasteiger partial charge < -0.3 is 10.3 Å². The zero-order chi connectivity index (χ0) is 17.8. The van der Waals surface area contributed by atoms with Crippen molar-refractivity contribution < 1.29 is 4.39 Å². The molecule has 0 aliphatic carbocycles. The Morgan fingerprint density at radius 2 is 1.96 bits per heavy atom. The topological polar surface area (TPSA) is 57.8 Å². The van der Waals surface area contributed by atoms with Crippen LogP contribution in [0.1, 0.15) is 17.0 Å². The fourth-order valence-electron chi connectivity index (χ4n) is 2.37. The van der Waals surface area contributed by atoms with Crippen molar-refractivity contribution in [3.63, 3.8) is 0 Å². The van der Waals surface area contributed by atoms with E-state index in [0.29, 0.717) is 33.3 Å². The van der Waals surface area contributed by atoms with E-state index in [0.717, 1.165) is 11.1 Å². The lowest BCUT2D eigenvalue weighted by Gasteiger charge is -2.08. The van der Waals surface area contributed by atoms with Crippen molar-refractivity contribution >= 4 is 39.2 Å². The summed E-state index contributed by atoms with van der Waals surface area (Å²) in [7, 11) is 0. The molecule has 0 unspecified atom stereocenters. The minimum atomic E-state index is -0.253. The molecule has 0 amide bonds. The normalized spacial score (nSPS) is 10.8. The highest BCUT2D eigenvalue weighted by molar-refractivity contribution is 8.22. The first kappa shape index (κ1) is 17.6. The second-order valence-electron chi connectivity index (χ2n) is 5.56. The molecule has 7 heteroatoms. The number of hydrogen-bond acceptors (Lipinski definition) is 4. The third-order valence-corrected chi connectivity index (χ3v) is 4.99. The molecule has 0 atom stereocenters. The number of fused-ring (bicyclic) bond motifs is 1. The highest BCUT2D eigenvalue weighted by atomic mass is 32.2. The summed E-state index contributed by atoms with van der Waals surface area (Å²) >= 11 is 6.80. The van der Waals surface area contributed by atoms with Crippen molar-refractivity contribution in [1.82, 2.24) is 15.3 Å². The molecule has 0 radical (unpaired) electrons. The van der Waals surface area contributed by atoms with Crippen LogP contribution in [-0.2, 0) is 12.3 Å². The van der Waals surface area contributed by atoms with Gasteiger partial charge in [-0.1, -0.05) is 42.2 Å². The van der Waals surface area contributed by atoms with Crippen molar-refractivity contribution in [2.45, 2.75) is 19.2 Å². The first-order valence-corrected chi connectivity index (χ1v) is 9.05. The van der Waals surface area contributed by atoms with Crippen molar-refractivity contribution in [3.8, 4) is 0 Å². The Hall–Kier alpha value is -2.25. The van der Waals surface area contributed by atoms with E-state index in [-0.39, 0.29) is 11.4 Å². The smallest absolute Gasteiger partial charge is 0.258 e. The third-order valence-electron chi connectivity index (χ3n) is 3.61. The molecule has 2 N–H and O–H groups in total. The minimum Gasteiger partial charge on any atom is -0.367 e. The van der Waals surface area contributed by atoms with Crippen LogP contribution in [0.3, 0.4) is 0 Å². The van der Waals surface area contributed by atoms with Gasteiger partial charge in [0.05, 0.1) is 10.9 Å². The molecule has 0 aliphatic rings. The molecule has 0 bridgehead atoms. The Labute approximate surface area is 153 Å². The lowest BCUT2D eigenvalue weighted by Crippen LogP contribution is -2.17. The van der Waals surface area contributed by atoms with Crippen molar-refractivity contribution in [3.05, 3.63) is 75.6 Å². The van der Waals surface area contributed by atoms with E-state index in [1.165, 1.54) is 23.9 Å². The highest BCUT2D eigenvalue weighted by Crippen LogP contribution is 2.17. The number of aromatic nitrogens is 2. The molecule has 25 heavy (non-hydrogen) atoms. The maximum atomic E-state index is 12.9. The summed E-state index contributed by atoms with van der Waals surface area (Å²) in [5.41, 5.74) is 2.51.